The van der Waals surface area contributed by atoms with E-state index in [0.29, 0.717) is 5.88 Å². The van der Waals surface area contributed by atoms with Crippen LogP contribution in [0.3, 0.4) is 0 Å². The van der Waals surface area contributed by atoms with Gasteiger partial charge in [-0.2, -0.15) is 0 Å². The zero-order valence-corrected chi connectivity index (χ0v) is 11.6. The maximum Gasteiger partial charge on any atom is 0.0351 e. The second-order valence-corrected chi connectivity index (χ2v) is 4.91. The van der Waals surface area contributed by atoms with Crippen molar-refractivity contribution in [2.24, 2.45) is 0 Å². The van der Waals surface area contributed by atoms with Crippen LogP contribution in [0.4, 0.5) is 0 Å². The summed E-state index contributed by atoms with van der Waals surface area (Å²) in [6, 6.07) is 4.48. The van der Waals surface area contributed by atoms with Crippen molar-refractivity contribution in [2.75, 3.05) is 26.0 Å². The summed E-state index contributed by atoms with van der Waals surface area (Å²) in [6.45, 7) is 8.64. The average Bonchev–Trinajstić information content (AvgIpc) is 2.25. The molecule has 0 radical (unpaired) electrons. The molecule has 2 heteroatoms. The van der Waals surface area contributed by atoms with Crippen molar-refractivity contribution in [3.63, 3.8) is 0 Å². The van der Waals surface area contributed by atoms with Crippen LogP contribution in [0, 0.1) is 20.8 Å². The van der Waals surface area contributed by atoms with Crippen molar-refractivity contribution in [3.05, 3.63) is 34.4 Å². The molecule has 0 aliphatic heterocycles. The van der Waals surface area contributed by atoms with Crippen LogP contribution in [0.15, 0.2) is 12.1 Å². The highest BCUT2D eigenvalue weighted by molar-refractivity contribution is 6.18. The number of aryl methyl sites for hydroxylation is 1. The van der Waals surface area contributed by atoms with Crippen molar-refractivity contribution in [1.29, 1.82) is 0 Å². The van der Waals surface area contributed by atoms with Crippen LogP contribution in [0.2, 0.25) is 0 Å². The van der Waals surface area contributed by atoms with Gasteiger partial charge < -0.3 is 4.90 Å². The normalized spacial score (nSPS) is 11.1. The Morgan fingerprint density at radius 3 is 2.38 bits per heavy atom. The minimum absolute atomic E-state index is 0.711. The molecule has 16 heavy (non-hydrogen) atoms. The summed E-state index contributed by atoms with van der Waals surface area (Å²) in [5, 5.41) is 0. The van der Waals surface area contributed by atoms with E-state index in [0.717, 1.165) is 19.5 Å². The Morgan fingerprint density at radius 2 is 1.75 bits per heavy atom. The van der Waals surface area contributed by atoms with Gasteiger partial charge in [-0.15, -0.1) is 11.6 Å². The van der Waals surface area contributed by atoms with Crippen molar-refractivity contribution in [1.82, 2.24) is 4.90 Å². The molecule has 0 spiro atoms. The molecule has 0 N–H and O–H groups in total. The van der Waals surface area contributed by atoms with E-state index in [1.165, 1.54) is 22.3 Å². The molecule has 1 aromatic rings. The number of hydrogen-bond donors (Lipinski definition) is 0. The molecule has 0 saturated heterocycles. The molecule has 0 fully saturated rings. The van der Waals surface area contributed by atoms with E-state index < -0.39 is 0 Å². The molecule has 1 rings (SSSR count). The highest BCUT2D eigenvalue weighted by atomic mass is 35.5. The molecule has 0 aliphatic rings. The summed E-state index contributed by atoms with van der Waals surface area (Å²) in [4.78, 5) is 2.28. The summed E-state index contributed by atoms with van der Waals surface area (Å²) in [5.74, 6) is 0.711. The third-order valence-electron chi connectivity index (χ3n) is 3.40. The van der Waals surface area contributed by atoms with Gasteiger partial charge >= 0.3 is 0 Å². The molecule has 1 aromatic carbocycles. The zero-order valence-electron chi connectivity index (χ0n) is 10.8. The molecule has 0 saturated carbocycles. The van der Waals surface area contributed by atoms with Gasteiger partial charge in [0.15, 0.2) is 0 Å². The van der Waals surface area contributed by atoms with Gasteiger partial charge in [0.2, 0.25) is 0 Å². The van der Waals surface area contributed by atoms with Gasteiger partial charge in [-0.1, -0.05) is 12.1 Å². The van der Waals surface area contributed by atoms with Crippen molar-refractivity contribution in [2.45, 2.75) is 27.2 Å². The summed E-state index contributed by atoms with van der Waals surface area (Å²) < 4.78 is 0. The molecule has 0 heterocycles. The molecule has 0 amide bonds. The molecule has 0 atom stereocenters. The van der Waals surface area contributed by atoms with Gasteiger partial charge in [0.25, 0.3) is 0 Å². The molecule has 1 nitrogen and oxygen atoms in total. The smallest absolute Gasteiger partial charge is 0.0351 e. The van der Waals surface area contributed by atoms with Gasteiger partial charge in [-0.05, 0) is 56.5 Å². The number of likely N-dealkylation sites (N-methyl/N-ethyl adjacent to an activating group) is 1. The van der Waals surface area contributed by atoms with Gasteiger partial charge in [-0.25, -0.2) is 0 Å². The van der Waals surface area contributed by atoms with Gasteiger partial charge in [0.1, 0.15) is 0 Å². The van der Waals surface area contributed by atoms with Crippen LogP contribution in [-0.4, -0.2) is 30.9 Å². The minimum atomic E-state index is 0.711. The molecule has 0 unspecified atom stereocenters. The number of hydrogen-bond acceptors (Lipinski definition) is 1. The standard InChI is InChI=1S/C14H22ClN/c1-11-5-6-14(13(3)12(11)2)7-9-16(4)10-8-15/h5-6H,7-10H2,1-4H3. The van der Waals surface area contributed by atoms with Crippen molar-refractivity contribution >= 4 is 11.6 Å². The first-order valence-electron chi connectivity index (χ1n) is 5.86. The van der Waals surface area contributed by atoms with Crippen molar-refractivity contribution < 1.29 is 0 Å². The largest absolute Gasteiger partial charge is 0.305 e. The number of benzene rings is 1. The molecule has 0 aliphatic carbocycles. The fourth-order valence-corrected chi connectivity index (χ4v) is 2.14. The second kappa shape index (κ2) is 6.27. The Labute approximate surface area is 104 Å². The third-order valence-corrected chi connectivity index (χ3v) is 3.57. The summed E-state index contributed by atoms with van der Waals surface area (Å²) in [7, 11) is 2.12. The first kappa shape index (κ1) is 13.5. The fraction of sp³-hybridized carbons (Fsp3) is 0.571. The summed E-state index contributed by atoms with van der Waals surface area (Å²) in [6.07, 6.45) is 1.11. The van der Waals surface area contributed by atoms with Crippen LogP contribution in [0.5, 0.6) is 0 Å². The SMILES string of the molecule is Cc1ccc(CCN(C)CCCl)c(C)c1C. The van der Waals surface area contributed by atoms with E-state index in [4.69, 9.17) is 11.6 Å². The molecule has 90 valence electrons. The monoisotopic (exact) mass is 239 g/mol. The Hall–Kier alpha value is -0.530. The predicted octanol–water partition coefficient (Wildman–Crippen LogP) is 3.32. The highest BCUT2D eigenvalue weighted by Gasteiger charge is 2.05. The zero-order chi connectivity index (χ0) is 12.1. The summed E-state index contributed by atoms with van der Waals surface area (Å²) in [5.41, 5.74) is 5.72. The lowest BCUT2D eigenvalue weighted by molar-refractivity contribution is 0.359. The number of alkyl halides is 1. The van der Waals surface area contributed by atoms with E-state index in [9.17, 15) is 0 Å². The Morgan fingerprint density at radius 1 is 1.06 bits per heavy atom. The van der Waals surface area contributed by atoms with Crippen LogP contribution in [0.25, 0.3) is 0 Å². The van der Waals surface area contributed by atoms with Crippen LogP contribution < -0.4 is 0 Å². The first-order chi connectivity index (χ1) is 7.56. The molecule has 0 bridgehead atoms. The molecular formula is C14H22ClN. The third kappa shape index (κ3) is 3.50. The van der Waals surface area contributed by atoms with Crippen LogP contribution in [0.1, 0.15) is 22.3 Å². The van der Waals surface area contributed by atoms with E-state index in [1.807, 2.05) is 0 Å². The van der Waals surface area contributed by atoms with E-state index in [2.05, 4.69) is 44.9 Å². The lowest BCUT2D eigenvalue weighted by Gasteiger charge is -2.17. The topological polar surface area (TPSA) is 3.24 Å². The predicted molar refractivity (Wildman–Crippen MR) is 72.6 cm³/mol. The molecule has 0 aromatic heterocycles. The highest BCUT2D eigenvalue weighted by Crippen LogP contribution is 2.17. The van der Waals surface area contributed by atoms with Gasteiger partial charge in [-0.3, -0.25) is 0 Å². The second-order valence-electron chi connectivity index (χ2n) is 4.53. The number of halogens is 1. The number of rotatable bonds is 5. The van der Waals surface area contributed by atoms with Gasteiger partial charge in [0, 0.05) is 19.0 Å². The first-order valence-corrected chi connectivity index (χ1v) is 6.40. The Bertz CT molecular complexity index is 347. The Balaban J connectivity index is 2.64. The minimum Gasteiger partial charge on any atom is -0.305 e. The quantitative estimate of drug-likeness (QED) is 0.713. The number of nitrogens with zero attached hydrogens (tertiary/aromatic N) is 1. The van der Waals surface area contributed by atoms with Crippen LogP contribution >= 0.6 is 11.6 Å². The maximum absolute atomic E-state index is 5.71. The Kier molecular flexibility index (Phi) is 5.30. The molecular weight excluding hydrogens is 218 g/mol. The van der Waals surface area contributed by atoms with Crippen molar-refractivity contribution in [3.8, 4) is 0 Å². The van der Waals surface area contributed by atoms with E-state index in [1.54, 1.807) is 0 Å². The van der Waals surface area contributed by atoms with Gasteiger partial charge in [0.05, 0.1) is 0 Å². The summed E-state index contributed by atoms with van der Waals surface area (Å²) >= 11 is 5.71. The van der Waals surface area contributed by atoms with E-state index in [-0.39, 0.29) is 0 Å². The van der Waals surface area contributed by atoms with Crippen LogP contribution in [-0.2, 0) is 6.42 Å². The fourth-order valence-electron chi connectivity index (χ4n) is 1.85. The van der Waals surface area contributed by atoms with E-state index >= 15 is 0 Å². The maximum atomic E-state index is 5.71. The lowest BCUT2D eigenvalue weighted by atomic mass is 9.97. The lowest BCUT2D eigenvalue weighted by Crippen LogP contribution is -2.23. The average molecular weight is 240 g/mol.